The van der Waals surface area contributed by atoms with Crippen LogP contribution in [0.2, 0.25) is 0 Å². The maximum absolute atomic E-state index is 13.0. The van der Waals surface area contributed by atoms with Crippen molar-refractivity contribution >= 4 is 15.9 Å². The van der Waals surface area contributed by atoms with E-state index in [1.165, 1.54) is 19.2 Å². The van der Waals surface area contributed by atoms with Crippen LogP contribution in [-0.4, -0.2) is 36.8 Å². The number of halogens is 1. The number of rotatable bonds is 8. The molecule has 162 valence electrons. The van der Waals surface area contributed by atoms with Crippen molar-refractivity contribution in [2.24, 2.45) is 4.99 Å². The SMILES string of the molecule is CN(CCCC(=O)N=c1ccccn1Cc1ccccc1)S(=O)(=O)c1ccc(F)cc1. The topological polar surface area (TPSA) is 71.7 Å². The highest BCUT2D eigenvalue weighted by Crippen LogP contribution is 2.15. The zero-order valence-electron chi connectivity index (χ0n) is 17.2. The summed E-state index contributed by atoms with van der Waals surface area (Å²) in [5.41, 5.74) is 1.64. The molecule has 0 saturated carbocycles. The van der Waals surface area contributed by atoms with Crippen LogP contribution in [0.15, 0.2) is 88.9 Å². The average Bonchev–Trinajstić information content (AvgIpc) is 2.76. The normalized spacial score (nSPS) is 12.3. The van der Waals surface area contributed by atoms with E-state index in [0.29, 0.717) is 18.5 Å². The lowest BCUT2D eigenvalue weighted by Gasteiger charge is -2.16. The first-order valence-electron chi connectivity index (χ1n) is 9.85. The minimum atomic E-state index is -3.73. The zero-order chi connectivity index (χ0) is 22.3. The Morgan fingerprint density at radius 1 is 1.00 bits per heavy atom. The molecule has 0 aliphatic heterocycles. The fourth-order valence-corrected chi connectivity index (χ4v) is 4.24. The summed E-state index contributed by atoms with van der Waals surface area (Å²) in [7, 11) is -2.30. The number of nitrogens with zero attached hydrogens (tertiary/aromatic N) is 3. The van der Waals surface area contributed by atoms with Gasteiger partial charge in [0.1, 0.15) is 11.3 Å². The van der Waals surface area contributed by atoms with Crippen molar-refractivity contribution in [3.63, 3.8) is 0 Å². The van der Waals surface area contributed by atoms with Gasteiger partial charge in [-0.25, -0.2) is 17.1 Å². The van der Waals surface area contributed by atoms with Gasteiger partial charge in [-0.15, -0.1) is 0 Å². The second kappa shape index (κ2) is 10.3. The fourth-order valence-electron chi connectivity index (χ4n) is 3.03. The quantitative estimate of drug-likeness (QED) is 0.539. The Balaban J connectivity index is 1.61. The Labute approximate surface area is 181 Å². The molecule has 3 aromatic rings. The highest BCUT2D eigenvalue weighted by molar-refractivity contribution is 7.89. The Morgan fingerprint density at radius 2 is 1.68 bits per heavy atom. The highest BCUT2D eigenvalue weighted by atomic mass is 32.2. The van der Waals surface area contributed by atoms with E-state index in [9.17, 15) is 17.6 Å². The molecule has 0 atom stereocenters. The molecule has 0 radical (unpaired) electrons. The summed E-state index contributed by atoms with van der Waals surface area (Å²) < 4.78 is 41.1. The van der Waals surface area contributed by atoms with Crippen molar-refractivity contribution in [2.45, 2.75) is 24.3 Å². The molecule has 0 unspecified atom stereocenters. The van der Waals surface area contributed by atoms with Crippen molar-refractivity contribution in [3.05, 3.63) is 95.9 Å². The molecule has 0 fully saturated rings. The third-order valence-corrected chi connectivity index (χ3v) is 6.61. The molecule has 1 amide bonds. The lowest BCUT2D eigenvalue weighted by atomic mass is 10.2. The van der Waals surface area contributed by atoms with Gasteiger partial charge in [0.2, 0.25) is 15.9 Å². The standard InChI is InChI=1S/C23H24FN3O3S/c1-26(31(29,30)21-14-12-20(24)13-15-21)16-7-11-23(28)25-22-10-5-6-17-27(22)18-19-8-3-2-4-9-19/h2-6,8-10,12-15,17H,7,11,16,18H2,1H3. The van der Waals surface area contributed by atoms with E-state index in [-0.39, 0.29) is 23.8 Å². The summed E-state index contributed by atoms with van der Waals surface area (Å²) in [4.78, 5) is 16.6. The molecule has 0 aliphatic carbocycles. The minimum Gasteiger partial charge on any atom is -0.329 e. The van der Waals surface area contributed by atoms with Crippen LogP contribution in [0, 0.1) is 5.82 Å². The van der Waals surface area contributed by atoms with Crippen LogP contribution in [0.3, 0.4) is 0 Å². The van der Waals surface area contributed by atoms with E-state index in [1.807, 2.05) is 53.2 Å². The van der Waals surface area contributed by atoms with Gasteiger partial charge in [0.05, 0.1) is 4.90 Å². The van der Waals surface area contributed by atoms with E-state index >= 15 is 0 Å². The van der Waals surface area contributed by atoms with E-state index < -0.39 is 15.8 Å². The van der Waals surface area contributed by atoms with Crippen LogP contribution in [0.5, 0.6) is 0 Å². The van der Waals surface area contributed by atoms with Crippen LogP contribution < -0.4 is 5.49 Å². The van der Waals surface area contributed by atoms with Crippen LogP contribution in [0.4, 0.5) is 4.39 Å². The first-order chi connectivity index (χ1) is 14.9. The Bertz CT molecular complexity index is 1190. The van der Waals surface area contributed by atoms with Crippen molar-refractivity contribution < 1.29 is 17.6 Å². The Kier molecular flexibility index (Phi) is 7.49. The molecule has 6 nitrogen and oxygen atoms in total. The molecule has 0 spiro atoms. The van der Waals surface area contributed by atoms with Gasteiger partial charge in [0.25, 0.3) is 0 Å². The summed E-state index contributed by atoms with van der Waals surface area (Å²) in [6.07, 6.45) is 2.30. The summed E-state index contributed by atoms with van der Waals surface area (Å²) in [5, 5.41) is 0. The number of hydrogen-bond donors (Lipinski definition) is 0. The molecule has 2 aromatic carbocycles. The maximum atomic E-state index is 13.0. The highest BCUT2D eigenvalue weighted by Gasteiger charge is 2.20. The van der Waals surface area contributed by atoms with Gasteiger partial charge in [0.15, 0.2) is 0 Å². The molecule has 0 N–H and O–H groups in total. The average molecular weight is 442 g/mol. The number of hydrogen-bond acceptors (Lipinski definition) is 3. The Morgan fingerprint density at radius 3 is 2.39 bits per heavy atom. The summed E-state index contributed by atoms with van der Waals surface area (Å²) >= 11 is 0. The summed E-state index contributed by atoms with van der Waals surface area (Å²) in [5.74, 6) is -0.820. The van der Waals surface area contributed by atoms with Gasteiger partial charge in [-0.1, -0.05) is 36.4 Å². The minimum absolute atomic E-state index is 0.0126. The number of amides is 1. The molecular formula is C23H24FN3O3S. The van der Waals surface area contributed by atoms with Crippen molar-refractivity contribution in [3.8, 4) is 0 Å². The lowest BCUT2D eigenvalue weighted by Crippen LogP contribution is -2.28. The molecule has 8 heteroatoms. The second-order valence-corrected chi connectivity index (χ2v) is 9.11. The van der Waals surface area contributed by atoms with Crippen LogP contribution in [-0.2, 0) is 21.4 Å². The number of sulfonamides is 1. The maximum Gasteiger partial charge on any atom is 0.247 e. The van der Waals surface area contributed by atoms with Gasteiger partial charge in [-0.05, 0) is 48.4 Å². The van der Waals surface area contributed by atoms with Gasteiger partial charge in [0, 0.05) is 32.8 Å². The molecular weight excluding hydrogens is 417 g/mol. The smallest absolute Gasteiger partial charge is 0.247 e. The number of pyridine rings is 1. The molecule has 31 heavy (non-hydrogen) atoms. The van der Waals surface area contributed by atoms with Crippen LogP contribution in [0.25, 0.3) is 0 Å². The van der Waals surface area contributed by atoms with Crippen LogP contribution >= 0.6 is 0 Å². The van der Waals surface area contributed by atoms with E-state index in [1.54, 1.807) is 6.07 Å². The first-order valence-corrected chi connectivity index (χ1v) is 11.3. The fraction of sp³-hybridized carbons (Fsp3) is 0.217. The molecule has 0 aliphatic rings. The largest absolute Gasteiger partial charge is 0.329 e. The summed E-state index contributed by atoms with van der Waals surface area (Å²) in [6.45, 7) is 0.742. The van der Waals surface area contributed by atoms with Crippen LogP contribution in [0.1, 0.15) is 18.4 Å². The van der Waals surface area contributed by atoms with Gasteiger partial charge in [-0.3, -0.25) is 4.79 Å². The third kappa shape index (κ3) is 6.19. The predicted octanol–water partition coefficient (Wildman–Crippen LogP) is 3.20. The predicted molar refractivity (Wildman–Crippen MR) is 116 cm³/mol. The number of carbonyl (C=O) groups is 1. The van der Waals surface area contributed by atoms with E-state index in [4.69, 9.17) is 0 Å². The van der Waals surface area contributed by atoms with E-state index in [0.717, 1.165) is 22.0 Å². The first kappa shape index (κ1) is 22.6. The third-order valence-electron chi connectivity index (χ3n) is 4.74. The second-order valence-electron chi connectivity index (χ2n) is 7.06. The van der Waals surface area contributed by atoms with Gasteiger partial charge in [-0.2, -0.15) is 4.99 Å². The van der Waals surface area contributed by atoms with Crippen molar-refractivity contribution in [1.82, 2.24) is 8.87 Å². The molecule has 0 bridgehead atoms. The summed E-state index contributed by atoms with van der Waals surface area (Å²) in [6, 6.07) is 20.0. The molecule has 0 saturated heterocycles. The molecule has 3 rings (SSSR count). The van der Waals surface area contributed by atoms with Gasteiger partial charge < -0.3 is 4.57 Å². The van der Waals surface area contributed by atoms with Crippen molar-refractivity contribution in [2.75, 3.05) is 13.6 Å². The van der Waals surface area contributed by atoms with E-state index in [2.05, 4.69) is 4.99 Å². The zero-order valence-corrected chi connectivity index (χ0v) is 18.0. The molecule has 1 heterocycles. The number of carbonyl (C=O) groups excluding carboxylic acids is 1. The number of aromatic nitrogens is 1. The van der Waals surface area contributed by atoms with Gasteiger partial charge >= 0.3 is 0 Å². The molecule has 1 aromatic heterocycles. The monoisotopic (exact) mass is 441 g/mol. The Hall–Kier alpha value is -3.10. The number of benzene rings is 2. The van der Waals surface area contributed by atoms with Crippen molar-refractivity contribution in [1.29, 1.82) is 0 Å². The lowest BCUT2D eigenvalue weighted by molar-refractivity contribution is -0.118.